The van der Waals surface area contributed by atoms with Gasteiger partial charge < -0.3 is 20.6 Å². The molecule has 0 saturated heterocycles. The van der Waals surface area contributed by atoms with Crippen LogP contribution in [0.3, 0.4) is 0 Å². The lowest BCUT2D eigenvalue weighted by Gasteiger charge is -2.21. The fourth-order valence-electron chi connectivity index (χ4n) is 6.57. The number of amides is 1. The molecular weight excluding hydrogens is 618 g/mol. The van der Waals surface area contributed by atoms with Gasteiger partial charge in [-0.1, -0.05) is 204 Å². The van der Waals surface area contributed by atoms with Gasteiger partial charge in [-0.3, -0.25) is 4.79 Å². The molecule has 0 saturated carbocycles. The molecule has 0 aliphatic rings. The molecule has 0 aliphatic heterocycles. The van der Waals surface area contributed by atoms with Crippen molar-refractivity contribution in [3.05, 3.63) is 36.5 Å². The Morgan fingerprint density at radius 1 is 0.520 bits per heavy atom. The van der Waals surface area contributed by atoms with Gasteiger partial charge in [-0.25, -0.2) is 0 Å². The van der Waals surface area contributed by atoms with Crippen molar-refractivity contribution < 1.29 is 20.1 Å². The second-order valence-electron chi connectivity index (χ2n) is 15.0. The molecule has 1 amide bonds. The van der Waals surface area contributed by atoms with Crippen LogP contribution in [0.15, 0.2) is 36.5 Å². The Morgan fingerprint density at radius 2 is 0.880 bits per heavy atom. The van der Waals surface area contributed by atoms with Crippen molar-refractivity contribution in [3.8, 4) is 0 Å². The van der Waals surface area contributed by atoms with E-state index < -0.39 is 18.2 Å². The number of carbonyl (C=O) groups excluding carboxylic acids is 1. The quantitative estimate of drug-likeness (QED) is 0.0291. The van der Waals surface area contributed by atoms with E-state index in [2.05, 4.69) is 43.5 Å². The normalized spacial score (nSPS) is 13.9. The van der Waals surface area contributed by atoms with Gasteiger partial charge >= 0.3 is 0 Å². The summed E-state index contributed by atoms with van der Waals surface area (Å²) in [5.74, 6) is -0.320. The molecule has 50 heavy (non-hydrogen) atoms. The van der Waals surface area contributed by atoms with Crippen LogP contribution in [0.25, 0.3) is 0 Å². The highest BCUT2D eigenvalue weighted by Gasteiger charge is 2.20. The molecule has 0 aromatic heterocycles. The van der Waals surface area contributed by atoms with Crippen molar-refractivity contribution >= 4 is 5.91 Å². The first kappa shape index (κ1) is 48.6. The Morgan fingerprint density at radius 3 is 1.32 bits per heavy atom. The molecule has 3 unspecified atom stereocenters. The zero-order valence-electron chi connectivity index (χ0n) is 33.3. The van der Waals surface area contributed by atoms with Crippen molar-refractivity contribution in [2.45, 2.75) is 238 Å². The highest BCUT2D eigenvalue weighted by Crippen LogP contribution is 2.15. The zero-order chi connectivity index (χ0) is 36.6. The van der Waals surface area contributed by atoms with Crippen LogP contribution in [-0.2, 0) is 4.79 Å². The van der Waals surface area contributed by atoms with Crippen LogP contribution in [0.2, 0.25) is 0 Å². The Balaban J connectivity index is 3.69. The van der Waals surface area contributed by atoms with Crippen LogP contribution in [0, 0.1) is 0 Å². The predicted molar refractivity (Wildman–Crippen MR) is 218 cm³/mol. The lowest BCUT2D eigenvalue weighted by atomic mass is 10.0. The van der Waals surface area contributed by atoms with E-state index in [4.69, 9.17) is 0 Å². The number of hydrogen-bond acceptors (Lipinski definition) is 4. The van der Waals surface area contributed by atoms with Crippen molar-refractivity contribution in [2.75, 3.05) is 6.61 Å². The third-order valence-corrected chi connectivity index (χ3v) is 9.95. The predicted octanol–water partition coefficient (Wildman–Crippen LogP) is 12.4. The first-order chi connectivity index (χ1) is 24.5. The summed E-state index contributed by atoms with van der Waals surface area (Å²) in [4.78, 5) is 12.4. The van der Waals surface area contributed by atoms with Gasteiger partial charge in [-0.15, -0.1) is 0 Å². The number of aliphatic hydroxyl groups is 3. The average Bonchev–Trinajstić information content (AvgIpc) is 3.11. The van der Waals surface area contributed by atoms with Crippen molar-refractivity contribution in [1.82, 2.24) is 5.32 Å². The molecule has 0 radical (unpaired) electrons. The Bertz CT molecular complexity index is 779. The smallest absolute Gasteiger partial charge is 0.222 e. The average molecular weight is 704 g/mol. The van der Waals surface area contributed by atoms with E-state index >= 15 is 0 Å². The molecule has 3 atom stereocenters. The molecule has 0 aliphatic carbocycles. The van der Waals surface area contributed by atoms with Gasteiger partial charge in [0.15, 0.2) is 0 Å². The summed E-state index contributed by atoms with van der Waals surface area (Å²) in [6.07, 6.45) is 49.9. The minimum absolute atomic E-state index is 0.00915. The number of carbonyl (C=O) groups is 1. The molecule has 294 valence electrons. The monoisotopic (exact) mass is 704 g/mol. The summed E-state index contributed by atoms with van der Waals surface area (Å²) >= 11 is 0. The number of allylic oxidation sites excluding steroid dienone is 5. The third kappa shape index (κ3) is 36.4. The maximum atomic E-state index is 12.4. The third-order valence-electron chi connectivity index (χ3n) is 9.95. The minimum Gasteiger partial charge on any atom is -0.394 e. The van der Waals surface area contributed by atoms with Crippen LogP contribution in [0.1, 0.15) is 219 Å². The van der Waals surface area contributed by atoms with Gasteiger partial charge in [0.2, 0.25) is 5.91 Å². The molecule has 0 spiro atoms. The van der Waals surface area contributed by atoms with Gasteiger partial charge in [0.05, 0.1) is 31.3 Å². The van der Waals surface area contributed by atoms with E-state index in [1.807, 2.05) is 6.08 Å². The molecule has 0 aromatic rings. The Labute approximate surface area is 311 Å². The van der Waals surface area contributed by atoms with Crippen LogP contribution >= 0.6 is 0 Å². The molecular formula is C45H85NO4. The summed E-state index contributed by atoms with van der Waals surface area (Å²) in [6.45, 7) is 4.19. The van der Waals surface area contributed by atoms with E-state index in [1.165, 1.54) is 167 Å². The second-order valence-corrected chi connectivity index (χ2v) is 15.0. The largest absolute Gasteiger partial charge is 0.394 e. The summed E-state index contributed by atoms with van der Waals surface area (Å²) < 4.78 is 0. The first-order valence-electron chi connectivity index (χ1n) is 21.8. The molecule has 0 heterocycles. The maximum absolute atomic E-state index is 12.4. The van der Waals surface area contributed by atoms with E-state index in [0.717, 1.165) is 25.7 Å². The molecule has 0 fully saturated rings. The molecule has 0 bridgehead atoms. The fourth-order valence-corrected chi connectivity index (χ4v) is 6.57. The SMILES string of the molecule is CCCCC/C=C\C=C/CCCCCCCCCCC(O)CC(=O)NC(CO)C(O)/C=C/CCCCCCCCCCCCCCCCCC. The van der Waals surface area contributed by atoms with Crippen LogP contribution < -0.4 is 5.32 Å². The topological polar surface area (TPSA) is 89.8 Å². The summed E-state index contributed by atoms with van der Waals surface area (Å²) in [5, 5.41) is 33.2. The van der Waals surface area contributed by atoms with Crippen molar-refractivity contribution in [1.29, 1.82) is 0 Å². The van der Waals surface area contributed by atoms with Gasteiger partial charge in [0.1, 0.15) is 0 Å². The van der Waals surface area contributed by atoms with E-state index in [9.17, 15) is 20.1 Å². The molecule has 0 rings (SSSR count). The summed E-state index contributed by atoms with van der Waals surface area (Å²) in [7, 11) is 0. The number of hydrogen-bond donors (Lipinski definition) is 4. The lowest BCUT2D eigenvalue weighted by Crippen LogP contribution is -2.45. The number of aliphatic hydroxyl groups excluding tert-OH is 3. The Kier molecular flexibility index (Phi) is 39.2. The zero-order valence-corrected chi connectivity index (χ0v) is 33.3. The van der Waals surface area contributed by atoms with E-state index in [-0.39, 0.29) is 18.9 Å². The molecule has 5 heteroatoms. The van der Waals surface area contributed by atoms with Crippen LogP contribution in [-0.4, -0.2) is 46.1 Å². The minimum atomic E-state index is -0.930. The fraction of sp³-hybridized carbons (Fsp3) is 0.844. The number of rotatable bonds is 39. The van der Waals surface area contributed by atoms with Crippen molar-refractivity contribution in [3.63, 3.8) is 0 Å². The van der Waals surface area contributed by atoms with E-state index in [0.29, 0.717) is 6.42 Å². The first-order valence-corrected chi connectivity index (χ1v) is 21.8. The maximum Gasteiger partial charge on any atom is 0.222 e. The highest BCUT2D eigenvalue weighted by atomic mass is 16.3. The molecule has 0 aromatic carbocycles. The summed E-state index contributed by atoms with van der Waals surface area (Å²) in [5.41, 5.74) is 0. The van der Waals surface area contributed by atoms with Gasteiger partial charge in [0, 0.05) is 0 Å². The molecule has 5 nitrogen and oxygen atoms in total. The van der Waals surface area contributed by atoms with Gasteiger partial charge in [-0.05, 0) is 44.9 Å². The highest BCUT2D eigenvalue weighted by molar-refractivity contribution is 5.76. The van der Waals surface area contributed by atoms with Crippen LogP contribution in [0.4, 0.5) is 0 Å². The second kappa shape index (κ2) is 40.3. The van der Waals surface area contributed by atoms with Gasteiger partial charge in [-0.2, -0.15) is 0 Å². The van der Waals surface area contributed by atoms with E-state index in [1.54, 1.807) is 6.08 Å². The van der Waals surface area contributed by atoms with Crippen molar-refractivity contribution in [2.24, 2.45) is 0 Å². The Hall–Kier alpha value is -1.43. The number of nitrogens with one attached hydrogen (secondary N) is 1. The molecule has 4 N–H and O–H groups in total. The number of unbranched alkanes of at least 4 members (excludes halogenated alkanes) is 27. The standard InChI is InChI=1S/C45H85NO4/c1-3-5-7-9-11-13-15-17-19-21-23-25-27-29-31-33-35-37-39-44(49)43(41-47)46-45(50)40-42(48)38-36-34-32-30-28-26-24-22-20-18-16-14-12-10-8-6-4-2/h12,14,16,18,37,39,42-44,47-49H,3-11,13,15,17,19-36,38,40-41H2,1-2H3,(H,46,50)/b14-12-,18-16-,39-37+. The van der Waals surface area contributed by atoms with Crippen LogP contribution in [0.5, 0.6) is 0 Å². The lowest BCUT2D eigenvalue weighted by molar-refractivity contribution is -0.124. The van der Waals surface area contributed by atoms with Gasteiger partial charge in [0.25, 0.3) is 0 Å². The summed E-state index contributed by atoms with van der Waals surface area (Å²) in [6, 6.07) is -0.745.